The second kappa shape index (κ2) is 9.13. The number of fused-ring (bicyclic) bond motifs is 5. The molecule has 0 saturated heterocycles. The van der Waals surface area contributed by atoms with Gasteiger partial charge in [0.05, 0.1) is 6.10 Å². The van der Waals surface area contributed by atoms with E-state index in [-0.39, 0.29) is 29.1 Å². The van der Waals surface area contributed by atoms with E-state index in [4.69, 9.17) is 0 Å². The van der Waals surface area contributed by atoms with Crippen molar-refractivity contribution in [3.63, 3.8) is 0 Å². The van der Waals surface area contributed by atoms with Crippen molar-refractivity contribution >= 4 is 0 Å². The monoisotopic (exact) mass is 528 g/mol. The van der Waals surface area contributed by atoms with Crippen LogP contribution in [-0.2, 0) is 0 Å². The molecule has 0 radical (unpaired) electrons. The molecule has 0 spiro atoms. The molecule has 9 heteroatoms. The zero-order valence-corrected chi connectivity index (χ0v) is 21.2. The van der Waals surface area contributed by atoms with E-state index in [2.05, 4.69) is 19.9 Å². The fourth-order valence-corrected chi connectivity index (χ4v) is 9.01. The summed E-state index contributed by atoms with van der Waals surface area (Å²) in [5, 5.41) is 20.8. The quantitative estimate of drug-likeness (QED) is 0.286. The normalized spacial score (nSPS) is 42.3. The number of aliphatic hydroxyl groups is 2. The van der Waals surface area contributed by atoms with Crippen molar-refractivity contribution in [2.24, 2.45) is 40.4 Å². The minimum absolute atomic E-state index is 0.0596. The third-order valence-corrected chi connectivity index (χ3v) is 11.0. The zero-order chi connectivity index (χ0) is 26.9. The molecular formula is C27H39F7O2. The molecule has 3 fully saturated rings. The highest BCUT2D eigenvalue weighted by molar-refractivity contribution is 5.29. The van der Waals surface area contributed by atoms with Crippen molar-refractivity contribution in [1.29, 1.82) is 0 Å². The Morgan fingerprint density at radius 3 is 2.17 bits per heavy atom. The third kappa shape index (κ3) is 4.22. The maximum atomic E-state index is 14.1. The maximum absolute atomic E-state index is 14.1. The second-order valence-electron chi connectivity index (χ2n) is 12.6. The minimum atomic E-state index is -5.98. The van der Waals surface area contributed by atoms with Crippen LogP contribution >= 0.6 is 0 Å². The van der Waals surface area contributed by atoms with Gasteiger partial charge in [0.2, 0.25) is 0 Å². The van der Waals surface area contributed by atoms with Crippen molar-refractivity contribution in [1.82, 2.24) is 0 Å². The molecule has 2 N–H and O–H groups in total. The van der Waals surface area contributed by atoms with E-state index in [1.54, 1.807) is 0 Å². The van der Waals surface area contributed by atoms with E-state index in [9.17, 15) is 40.9 Å². The van der Waals surface area contributed by atoms with Gasteiger partial charge in [0, 0.05) is 0 Å². The molecule has 0 heterocycles. The van der Waals surface area contributed by atoms with Gasteiger partial charge in [-0.15, -0.1) is 0 Å². The fraction of sp³-hybridized carbons (Fsp3) is 0.926. The lowest BCUT2D eigenvalue weighted by Gasteiger charge is -2.59. The predicted octanol–water partition coefficient (Wildman–Crippen LogP) is 7.54. The van der Waals surface area contributed by atoms with Crippen LogP contribution in [0.5, 0.6) is 0 Å². The van der Waals surface area contributed by atoms with Gasteiger partial charge in [-0.3, -0.25) is 0 Å². The molecule has 9 atom stereocenters. The number of hydrogen-bond acceptors (Lipinski definition) is 2. The molecule has 0 aromatic rings. The molecule has 3 saturated carbocycles. The van der Waals surface area contributed by atoms with E-state index in [1.807, 2.05) is 6.92 Å². The largest absolute Gasteiger partial charge is 0.431 e. The SMILES string of the molecule is C[C@H](CCCC(F)(C(F)(F)F)C(F)(F)F)[C@H]1CC[C@H]2[C@@H]3CC=C4[C@@H](O)[C@@H](O)CC[C@]4(C)[C@H]3CC[C@]12C. The molecule has 0 aliphatic heterocycles. The lowest BCUT2D eigenvalue weighted by atomic mass is 9.46. The molecule has 0 amide bonds. The van der Waals surface area contributed by atoms with Gasteiger partial charge in [-0.05, 0) is 104 Å². The molecule has 36 heavy (non-hydrogen) atoms. The summed E-state index contributed by atoms with van der Waals surface area (Å²) in [5.41, 5.74) is -4.43. The van der Waals surface area contributed by atoms with Gasteiger partial charge in [0.25, 0.3) is 5.67 Å². The topological polar surface area (TPSA) is 40.5 Å². The van der Waals surface area contributed by atoms with Crippen LogP contribution in [-0.4, -0.2) is 40.4 Å². The van der Waals surface area contributed by atoms with Crippen LogP contribution in [0.4, 0.5) is 30.7 Å². The van der Waals surface area contributed by atoms with Crippen LogP contribution in [0.15, 0.2) is 11.6 Å². The average Bonchev–Trinajstić information content (AvgIpc) is 3.12. The standard InChI is InChI=1S/C27H39F7O2/c1-15(5-4-12-25(28,26(29,30)31)27(32,33)34)17-8-9-18-16-6-7-20-22(36)21(35)11-14-24(20,3)19(16)10-13-23(17,18)2/h7,15-19,21-22,35-36H,4-6,8-14H2,1-3H3/t15-,16+,17-,18+,19+,21+,22-,23-,24-/m1/s1. The van der Waals surface area contributed by atoms with Crippen molar-refractivity contribution < 1.29 is 40.9 Å². The van der Waals surface area contributed by atoms with Crippen LogP contribution in [0, 0.1) is 40.4 Å². The summed E-state index contributed by atoms with van der Waals surface area (Å²) in [6, 6.07) is 0. The molecule has 0 aromatic carbocycles. The first kappa shape index (κ1) is 28.2. The molecule has 2 nitrogen and oxygen atoms in total. The number of alkyl halides is 7. The number of aliphatic hydroxyl groups excluding tert-OH is 2. The molecule has 0 unspecified atom stereocenters. The van der Waals surface area contributed by atoms with Crippen LogP contribution < -0.4 is 0 Å². The van der Waals surface area contributed by atoms with E-state index < -0.39 is 43.1 Å². The third-order valence-electron chi connectivity index (χ3n) is 11.0. The highest BCUT2D eigenvalue weighted by atomic mass is 19.4. The summed E-state index contributed by atoms with van der Waals surface area (Å²) < 4.78 is 91.7. The Morgan fingerprint density at radius 2 is 1.56 bits per heavy atom. The molecule has 0 bridgehead atoms. The fourth-order valence-electron chi connectivity index (χ4n) is 9.01. The molecule has 208 valence electrons. The van der Waals surface area contributed by atoms with Gasteiger partial charge in [0.1, 0.15) is 6.10 Å². The first-order chi connectivity index (χ1) is 16.5. The smallest absolute Gasteiger partial charge is 0.390 e. The van der Waals surface area contributed by atoms with Crippen molar-refractivity contribution in [2.75, 3.05) is 0 Å². The Kier molecular flexibility index (Phi) is 7.15. The Hall–Kier alpha value is -0.830. The summed E-state index contributed by atoms with van der Waals surface area (Å²) in [7, 11) is 0. The van der Waals surface area contributed by atoms with E-state index in [0.29, 0.717) is 24.2 Å². The molecular weight excluding hydrogens is 489 g/mol. The first-order valence-corrected chi connectivity index (χ1v) is 13.4. The summed E-state index contributed by atoms with van der Waals surface area (Å²) in [5.74, 6) is 1.27. The number of rotatable bonds is 5. The van der Waals surface area contributed by atoms with E-state index in [1.165, 1.54) is 0 Å². The van der Waals surface area contributed by atoms with E-state index in [0.717, 1.165) is 44.1 Å². The zero-order valence-electron chi connectivity index (χ0n) is 21.2. The van der Waals surface area contributed by atoms with Crippen LogP contribution in [0.25, 0.3) is 0 Å². The van der Waals surface area contributed by atoms with Crippen molar-refractivity contribution in [3.8, 4) is 0 Å². The van der Waals surface area contributed by atoms with Crippen LogP contribution in [0.2, 0.25) is 0 Å². The molecule has 4 rings (SSSR count). The summed E-state index contributed by atoms with van der Waals surface area (Å²) in [4.78, 5) is 0. The Bertz CT molecular complexity index is 838. The van der Waals surface area contributed by atoms with Crippen LogP contribution in [0.1, 0.15) is 85.0 Å². The summed E-state index contributed by atoms with van der Waals surface area (Å²) >= 11 is 0. The number of hydrogen-bond donors (Lipinski definition) is 2. The van der Waals surface area contributed by atoms with Crippen LogP contribution in [0.3, 0.4) is 0 Å². The Labute approximate surface area is 208 Å². The summed E-state index contributed by atoms with van der Waals surface area (Å²) in [6.07, 6.45) is -7.42. The Balaban J connectivity index is 1.45. The molecule has 4 aliphatic carbocycles. The predicted molar refractivity (Wildman–Crippen MR) is 122 cm³/mol. The van der Waals surface area contributed by atoms with Gasteiger partial charge < -0.3 is 10.2 Å². The first-order valence-electron chi connectivity index (χ1n) is 13.4. The van der Waals surface area contributed by atoms with E-state index >= 15 is 0 Å². The lowest BCUT2D eigenvalue weighted by molar-refractivity contribution is -0.343. The van der Waals surface area contributed by atoms with Gasteiger partial charge in [0.15, 0.2) is 0 Å². The minimum Gasteiger partial charge on any atom is -0.390 e. The highest BCUT2D eigenvalue weighted by Crippen LogP contribution is 2.67. The second-order valence-corrected chi connectivity index (χ2v) is 12.6. The summed E-state index contributed by atoms with van der Waals surface area (Å²) in [6.45, 7) is 6.32. The highest BCUT2D eigenvalue weighted by Gasteiger charge is 2.71. The maximum Gasteiger partial charge on any atom is 0.431 e. The molecule has 4 aliphatic rings. The van der Waals surface area contributed by atoms with Gasteiger partial charge >= 0.3 is 12.4 Å². The number of halogens is 7. The molecule has 0 aromatic heterocycles. The van der Waals surface area contributed by atoms with Crippen molar-refractivity contribution in [3.05, 3.63) is 11.6 Å². The van der Waals surface area contributed by atoms with Gasteiger partial charge in [-0.25, -0.2) is 4.39 Å². The van der Waals surface area contributed by atoms with Crippen molar-refractivity contribution in [2.45, 2.75) is 115 Å². The average molecular weight is 529 g/mol. The number of allylic oxidation sites excluding steroid dienone is 1. The van der Waals surface area contributed by atoms with Gasteiger partial charge in [-0.1, -0.05) is 33.3 Å². The lowest BCUT2D eigenvalue weighted by Crippen LogP contribution is -2.54. The van der Waals surface area contributed by atoms with Gasteiger partial charge in [-0.2, -0.15) is 26.3 Å². The Morgan fingerprint density at radius 1 is 0.917 bits per heavy atom.